The molecule has 0 amide bonds. The van der Waals surface area contributed by atoms with Gasteiger partial charge in [0.25, 0.3) is 0 Å². The van der Waals surface area contributed by atoms with E-state index in [1.54, 1.807) is 6.07 Å². The standard InChI is InChI=1S/C13H11BrCl2O2S/c1-2-18-10-4-3-7(14)5-8(10)12(17)9-6-11(15)19-13(9)16/h3-6,12,17H,2H2,1H3. The Balaban J connectivity index is 2.45. The largest absolute Gasteiger partial charge is 0.493 e. The van der Waals surface area contributed by atoms with Crippen molar-refractivity contribution < 1.29 is 9.84 Å². The number of aliphatic hydroxyl groups excluding tert-OH is 1. The smallest absolute Gasteiger partial charge is 0.125 e. The van der Waals surface area contributed by atoms with E-state index < -0.39 is 6.10 Å². The monoisotopic (exact) mass is 380 g/mol. The summed E-state index contributed by atoms with van der Waals surface area (Å²) in [7, 11) is 0. The number of rotatable bonds is 4. The van der Waals surface area contributed by atoms with E-state index in [1.807, 2.05) is 25.1 Å². The van der Waals surface area contributed by atoms with Crippen LogP contribution >= 0.6 is 50.5 Å². The molecule has 2 nitrogen and oxygen atoms in total. The Morgan fingerprint density at radius 1 is 1.32 bits per heavy atom. The first-order valence-electron chi connectivity index (χ1n) is 5.58. The summed E-state index contributed by atoms with van der Waals surface area (Å²) in [5, 5.41) is 10.5. The maximum atomic E-state index is 10.5. The van der Waals surface area contributed by atoms with Gasteiger partial charge in [0.15, 0.2) is 0 Å². The minimum atomic E-state index is -0.865. The number of thiophene rings is 1. The summed E-state index contributed by atoms with van der Waals surface area (Å²) in [6.45, 7) is 2.42. The fourth-order valence-corrected chi connectivity index (χ4v) is 3.63. The highest BCUT2D eigenvalue weighted by Crippen LogP contribution is 2.40. The first kappa shape index (κ1) is 15.1. The van der Waals surface area contributed by atoms with Crippen LogP contribution in [-0.4, -0.2) is 11.7 Å². The van der Waals surface area contributed by atoms with Crippen LogP contribution < -0.4 is 4.74 Å². The first-order valence-corrected chi connectivity index (χ1v) is 7.94. The molecule has 2 aromatic rings. The normalized spacial score (nSPS) is 12.5. The second kappa shape index (κ2) is 6.46. The van der Waals surface area contributed by atoms with Crippen molar-refractivity contribution in [3.05, 3.63) is 48.5 Å². The summed E-state index contributed by atoms with van der Waals surface area (Å²) in [5.74, 6) is 0.636. The van der Waals surface area contributed by atoms with Gasteiger partial charge >= 0.3 is 0 Å². The van der Waals surface area contributed by atoms with Crippen molar-refractivity contribution in [1.82, 2.24) is 0 Å². The zero-order chi connectivity index (χ0) is 14.0. The molecule has 1 N–H and O–H groups in total. The molecule has 1 aromatic carbocycles. The van der Waals surface area contributed by atoms with Crippen molar-refractivity contribution in [1.29, 1.82) is 0 Å². The Kier molecular flexibility index (Phi) is 5.15. The summed E-state index contributed by atoms with van der Waals surface area (Å²) in [4.78, 5) is 0. The Morgan fingerprint density at radius 2 is 2.05 bits per heavy atom. The van der Waals surface area contributed by atoms with Gasteiger partial charge in [0, 0.05) is 15.6 Å². The molecule has 19 heavy (non-hydrogen) atoms. The maximum Gasteiger partial charge on any atom is 0.125 e. The number of aliphatic hydroxyl groups is 1. The second-order valence-electron chi connectivity index (χ2n) is 3.80. The van der Waals surface area contributed by atoms with Crippen LogP contribution in [0.3, 0.4) is 0 Å². The minimum Gasteiger partial charge on any atom is -0.493 e. The van der Waals surface area contributed by atoms with Crippen LogP contribution in [0.1, 0.15) is 24.2 Å². The molecule has 0 radical (unpaired) electrons. The molecule has 1 aromatic heterocycles. The Labute approximate surface area is 134 Å². The Morgan fingerprint density at radius 3 is 2.63 bits per heavy atom. The van der Waals surface area contributed by atoms with Crippen molar-refractivity contribution in [2.75, 3.05) is 6.61 Å². The number of ether oxygens (including phenoxy) is 1. The lowest BCUT2D eigenvalue weighted by atomic mass is 10.0. The van der Waals surface area contributed by atoms with Gasteiger partial charge in [0.05, 0.1) is 10.9 Å². The highest BCUT2D eigenvalue weighted by molar-refractivity contribution is 9.10. The SMILES string of the molecule is CCOc1ccc(Br)cc1C(O)c1cc(Cl)sc1Cl. The zero-order valence-corrected chi connectivity index (χ0v) is 13.9. The van der Waals surface area contributed by atoms with E-state index in [0.29, 0.717) is 32.2 Å². The molecule has 0 saturated carbocycles. The van der Waals surface area contributed by atoms with Crippen molar-refractivity contribution >= 4 is 50.5 Å². The van der Waals surface area contributed by atoms with E-state index in [9.17, 15) is 5.11 Å². The summed E-state index contributed by atoms with van der Waals surface area (Å²) in [5.41, 5.74) is 1.25. The van der Waals surface area contributed by atoms with Crippen molar-refractivity contribution in [2.24, 2.45) is 0 Å². The average Bonchev–Trinajstić information content (AvgIpc) is 2.70. The predicted molar refractivity (Wildman–Crippen MR) is 83.7 cm³/mol. The van der Waals surface area contributed by atoms with Gasteiger partial charge in [-0.05, 0) is 31.2 Å². The van der Waals surface area contributed by atoms with Gasteiger partial charge in [-0.15, -0.1) is 11.3 Å². The lowest BCUT2D eigenvalue weighted by Gasteiger charge is -2.15. The molecule has 0 fully saturated rings. The number of hydrogen-bond acceptors (Lipinski definition) is 3. The van der Waals surface area contributed by atoms with E-state index in [0.717, 1.165) is 4.47 Å². The van der Waals surface area contributed by atoms with Crippen molar-refractivity contribution in [3.63, 3.8) is 0 Å². The fourth-order valence-electron chi connectivity index (χ4n) is 1.73. The van der Waals surface area contributed by atoms with Crippen LogP contribution in [0.25, 0.3) is 0 Å². The average molecular weight is 382 g/mol. The predicted octanol–water partition coefficient (Wildman–Crippen LogP) is 5.30. The third-order valence-electron chi connectivity index (χ3n) is 2.54. The Hall–Kier alpha value is -0.260. The minimum absolute atomic E-state index is 0.486. The van der Waals surface area contributed by atoms with Gasteiger partial charge in [-0.3, -0.25) is 0 Å². The number of benzene rings is 1. The number of hydrogen-bond donors (Lipinski definition) is 1. The summed E-state index contributed by atoms with van der Waals surface area (Å²) < 4.78 is 7.43. The Bertz CT molecular complexity index is 586. The highest BCUT2D eigenvalue weighted by atomic mass is 79.9. The topological polar surface area (TPSA) is 29.5 Å². The van der Waals surface area contributed by atoms with Gasteiger partial charge in [-0.25, -0.2) is 0 Å². The molecule has 2 rings (SSSR count). The van der Waals surface area contributed by atoms with E-state index in [-0.39, 0.29) is 0 Å². The third-order valence-corrected chi connectivity index (χ3v) is 4.56. The van der Waals surface area contributed by atoms with E-state index in [1.165, 1.54) is 11.3 Å². The van der Waals surface area contributed by atoms with Crippen molar-refractivity contribution in [2.45, 2.75) is 13.0 Å². The van der Waals surface area contributed by atoms with Gasteiger partial charge in [0.2, 0.25) is 0 Å². The number of halogens is 3. The lowest BCUT2D eigenvalue weighted by molar-refractivity contribution is 0.212. The third kappa shape index (κ3) is 3.44. The molecule has 0 aliphatic rings. The fraction of sp³-hybridized carbons (Fsp3) is 0.231. The van der Waals surface area contributed by atoms with Gasteiger partial charge in [-0.1, -0.05) is 39.1 Å². The first-order chi connectivity index (χ1) is 9.02. The molecular formula is C13H11BrCl2O2S. The van der Waals surface area contributed by atoms with Crippen LogP contribution in [0.5, 0.6) is 5.75 Å². The van der Waals surface area contributed by atoms with Gasteiger partial charge in [0.1, 0.15) is 16.2 Å². The molecular weight excluding hydrogens is 371 g/mol. The van der Waals surface area contributed by atoms with Crippen LogP contribution in [-0.2, 0) is 0 Å². The van der Waals surface area contributed by atoms with Gasteiger partial charge in [-0.2, -0.15) is 0 Å². The van der Waals surface area contributed by atoms with Gasteiger partial charge < -0.3 is 9.84 Å². The molecule has 0 bridgehead atoms. The molecule has 0 aliphatic heterocycles. The summed E-state index contributed by atoms with van der Waals surface area (Å²) in [6.07, 6.45) is -0.865. The maximum absolute atomic E-state index is 10.5. The van der Waals surface area contributed by atoms with E-state index in [4.69, 9.17) is 27.9 Å². The second-order valence-corrected chi connectivity index (χ2v) is 7.00. The molecule has 0 saturated heterocycles. The highest BCUT2D eigenvalue weighted by Gasteiger charge is 2.20. The molecule has 1 unspecified atom stereocenters. The van der Waals surface area contributed by atoms with Crippen LogP contribution in [0.4, 0.5) is 0 Å². The van der Waals surface area contributed by atoms with Crippen LogP contribution in [0.2, 0.25) is 8.67 Å². The molecule has 1 heterocycles. The summed E-state index contributed by atoms with van der Waals surface area (Å²) in [6, 6.07) is 7.17. The molecule has 1 atom stereocenters. The summed E-state index contributed by atoms with van der Waals surface area (Å²) >= 11 is 16.6. The quantitative estimate of drug-likeness (QED) is 0.778. The zero-order valence-electron chi connectivity index (χ0n) is 9.99. The van der Waals surface area contributed by atoms with Crippen LogP contribution in [0.15, 0.2) is 28.7 Å². The molecule has 0 spiro atoms. The molecule has 102 valence electrons. The van der Waals surface area contributed by atoms with Crippen LogP contribution in [0, 0.1) is 0 Å². The van der Waals surface area contributed by atoms with Crippen molar-refractivity contribution in [3.8, 4) is 5.75 Å². The molecule has 0 aliphatic carbocycles. The van der Waals surface area contributed by atoms with E-state index >= 15 is 0 Å². The lowest BCUT2D eigenvalue weighted by Crippen LogP contribution is -2.03. The van der Waals surface area contributed by atoms with E-state index in [2.05, 4.69) is 15.9 Å². The molecule has 6 heteroatoms.